The van der Waals surface area contributed by atoms with Gasteiger partial charge in [-0.3, -0.25) is 4.90 Å². The third kappa shape index (κ3) is 7.60. The van der Waals surface area contributed by atoms with Crippen LogP contribution in [0.4, 0.5) is 26.7 Å². The Morgan fingerprint density at radius 3 is 1.92 bits per heavy atom. The van der Waals surface area contributed by atoms with Gasteiger partial charge in [-0.05, 0) is 85.6 Å². The standard InChI is InChI=1S/C30H30N4O3/c1-22-8-6-10-24(20-22)32-29(35)31-18-19-34(30(36)33-25-11-7-9-23(2)21-25)26-14-16-28(17-15-26)37-27-12-4-3-5-13-27/h3-17,20-21H,18-19H2,1-2H3,(H,33,36)(H2,31,32,35). The molecule has 0 saturated carbocycles. The van der Waals surface area contributed by atoms with Crippen LogP contribution in [-0.2, 0) is 0 Å². The van der Waals surface area contributed by atoms with Crippen molar-refractivity contribution in [3.63, 3.8) is 0 Å². The van der Waals surface area contributed by atoms with E-state index in [0.717, 1.165) is 16.9 Å². The minimum absolute atomic E-state index is 0.251. The highest BCUT2D eigenvalue weighted by Gasteiger charge is 2.17. The molecule has 0 bridgehead atoms. The van der Waals surface area contributed by atoms with Crippen LogP contribution in [0.1, 0.15) is 11.1 Å². The maximum Gasteiger partial charge on any atom is 0.326 e. The Kier molecular flexibility index (Phi) is 8.39. The number of anilines is 3. The average molecular weight is 495 g/mol. The second kappa shape index (κ2) is 12.3. The summed E-state index contributed by atoms with van der Waals surface area (Å²) >= 11 is 0. The maximum absolute atomic E-state index is 13.3. The molecule has 7 heteroatoms. The van der Waals surface area contributed by atoms with E-state index in [-0.39, 0.29) is 25.2 Å². The number of nitrogens with zero attached hydrogens (tertiary/aromatic N) is 1. The Bertz CT molecular complexity index is 1340. The molecule has 0 fully saturated rings. The van der Waals surface area contributed by atoms with Crippen molar-refractivity contribution in [1.29, 1.82) is 0 Å². The zero-order valence-corrected chi connectivity index (χ0v) is 20.9. The highest BCUT2D eigenvalue weighted by Crippen LogP contribution is 2.25. The van der Waals surface area contributed by atoms with Crippen molar-refractivity contribution in [2.24, 2.45) is 0 Å². The number of nitrogens with one attached hydrogen (secondary N) is 3. The van der Waals surface area contributed by atoms with Crippen molar-refractivity contribution in [2.75, 3.05) is 28.6 Å². The van der Waals surface area contributed by atoms with Gasteiger partial charge in [0.2, 0.25) is 0 Å². The van der Waals surface area contributed by atoms with Crippen LogP contribution in [-0.4, -0.2) is 25.2 Å². The molecule has 0 heterocycles. The van der Waals surface area contributed by atoms with E-state index in [0.29, 0.717) is 22.8 Å². The zero-order valence-electron chi connectivity index (χ0n) is 20.9. The molecule has 0 spiro atoms. The van der Waals surface area contributed by atoms with Crippen molar-refractivity contribution in [2.45, 2.75) is 13.8 Å². The Morgan fingerprint density at radius 2 is 1.30 bits per heavy atom. The number of urea groups is 2. The van der Waals surface area contributed by atoms with Gasteiger partial charge in [0.25, 0.3) is 0 Å². The molecule has 188 valence electrons. The number of aryl methyl sites for hydroxylation is 2. The van der Waals surface area contributed by atoms with Gasteiger partial charge in [-0.15, -0.1) is 0 Å². The summed E-state index contributed by atoms with van der Waals surface area (Å²) in [4.78, 5) is 27.2. The van der Waals surface area contributed by atoms with Gasteiger partial charge in [0.1, 0.15) is 11.5 Å². The molecule has 0 aliphatic heterocycles. The van der Waals surface area contributed by atoms with Crippen LogP contribution >= 0.6 is 0 Å². The summed E-state index contributed by atoms with van der Waals surface area (Å²) in [6.07, 6.45) is 0. The summed E-state index contributed by atoms with van der Waals surface area (Å²) < 4.78 is 5.88. The summed E-state index contributed by atoms with van der Waals surface area (Å²) in [6, 6.07) is 31.3. The predicted octanol–water partition coefficient (Wildman–Crippen LogP) is 6.96. The van der Waals surface area contributed by atoms with E-state index < -0.39 is 0 Å². The summed E-state index contributed by atoms with van der Waals surface area (Å²) in [7, 11) is 0. The topological polar surface area (TPSA) is 82.7 Å². The largest absolute Gasteiger partial charge is 0.457 e. The van der Waals surface area contributed by atoms with Gasteiger partial charge in [-0.25, -0.2) is 9.59 Å². The van der Waals surface area contributed by atoms with Crippen molar-refractivity contribution in [3.05, 3.63) is 114 Å². The maximum atomic E-state index is 13.3. The van der Waals surface area contributed by atoms with E-state index in [1.807, 2.05) is 117 Å². The Balaban J connectivity index is 1.43. The number of ether oxygens (including phenoxy) is 1. The minimum Gasteiger partial charge on any atom is -0.457 e. The number of para-hydroxylation sites is 1. The van der Waals surface area contributed by atoms with Gasteiger partial charge < -0.3 is 20.7 Å². The number of carbonyl (C=O) groups excluding carboxylic acids is 2. The Hall–Kier alpha value is -4.78. The summed E-state index contributed by atoms with van der Waals surface area (Å²) in [5.41, 5.74) is 4.17. The lowest BCUT2D eigenvalue weighted by Crippen LogP contribution is -2.42. The first-order chi connectivity index (χ1) is 18.0. The molecule has 4 amide bonds. The third-order valence-electron chi connectivity index (χ3n) is 5.54. The fourth-order valence-corrected chi connectivity index (χ4v) is 3.76. The molecule has 0 saturated heterocycles. The zero-order chi connectivity index (χ0) is 26.0. The normalized spacial score (nSPS) is 10.3. The van der Waals surface area contributed by atoms with Crippen LogP contribution in [0.25, 0.3) is 0 Å². The number of hydrogen-bond acceptors (Lipinski definition) is 3. The number of amides is 4. The highest BCUT2D eigenvalue weighted by molar-refractivity contribution is 6.02. The molecule has 0 unspecified atom stereocenters. The molecule has 7 nitrogen and oxygen atoms in total. The fourth-order valence-electron chi connectivity index (χ4n) is 3.76. The average Bonchev–Trinajstić information content (AvgIpc) is 2.88. The lowest BCUT2D eigenvalue weighted by molar-refractivity contribution is 0.250. The monoisotopic (exact) mass is 494 g/mol. The predicted molar refractivity (Wildman–Crippen MR) is 149 cm³/mol. The van der Waals surface area contributed by atoms with Crippen LogP contribution < -0.4 is 25.6 Å². The van der Waals surface area contributed by atoms with E-state index in [1.165, 1.54) is 0 Å². The van der Waals surface area contributed by atoms with E-state index in [1.54, 1.807) is 4.90 Å². The fraction of sp³-hybridized carbons (Fsp3) is 0.133. The van der Waals surface area contributed by atoms with Crippen molar-refractivity contribution in [1.82, 2.24) is 5.32 Å². The summed E-state index contributed by atoms with van der Waals surface area (Å²) in [6.45, 7) is 4.44. The van der Waals surface area contributed by atoms with Crippen molar-refractivity contribution in [3.8, 4) is 11.5 Å². The molecule has 4 aromatic rings. The van der Waals surface area contributed by atoms with Crippen molar-refractivity contribution >= 4 is 29.1 Å². The SMILES string of the molecule is Cc1cccc(NC(=O)NCCN(C(=O)Nc2cccc(C)c2)c2ccc(Oc3ccccc3)cc2)c1. The number of carbonyl (C=O) groups is 2. The molecule has 0 radical (unpaired) electrons. The van der Waals surface area contributed by atoms with Gasteiger partial charge >= 0.3 is 12.1 Å². The molecule has 0 aliphatic rings. The first-order valence-electron chi connectivity index (χ1n) is 12.1. The van der Waals surface area contributed by atoms with E-state index in [4.69, 9.17) is 4.74 Å². The second-order valence-electron chi connectivity index (χ2n) is 8.61. The first kappa shape index (κ1) is 25.3. The summed E-state index contributed by atoms with van der Waals surface area (Å²) in [5.74, 6) is 1.39. The molecule has 4 rings (SSSR count). The lowest BCUT2D eigenvalue weighted by atomic mass is 10.2. The van der Waals surface area contributed by atoms with Crippen molar-refractivity contribution < 1.29 is 14.3 Å². The molecular weight excluding hydrogens is 464 g/mol. The van der Waals surface area contributed by atoms with E-state index >= 15 is 0 Å². The van der Waals surface area contributed by atoms with Crippen LogP contribution in [0.3, 0.4) is 0 Å². The molecule has 4 aromatic carbocycles. The minimum atomic E-state index is -0.337. The van der Waals surface area contributed by atoms with Gasteiger partial charge in [0, 0.05) is 30.2 Å². The highest BCUT2D eigenvalue weighted by atomic mass is 16.5. The molecule has 0 atom stereocenters. The molecule has 0 aromatic heterocycles. The van der Waals surface area contributed by atoms with Gasteiger partial charge in [0.15, 0.2) is 0 Å². The van der Waals surface area contributed by atoms with Crippen LogP contribution in [0, 0.1) is 13.8 Å². The third-order valence-corrected chi connectivity index (χ3v) is 5.54. The number of hydrogen-bond donors (Lipinski definition) is 3. The smallest absolute Gasteiger partial charge is 0.326 e. The van der Waals surface area contributed by atoms with E-state index in [9.17, 15) is 9.59 Å². The van der Waals surface area contributed by atoms with Gasteiger partial charge in [-0.1, -0.05) is 42.5 Å². The number of rotatable bonds is 8. The van der Waals surface area contributed by atoms with Crippen LogP contribution in [0.15, 0.2) is 103 Å². The Labute approximate surface area is 217 Å². The van der Waals surface area contributed by atoms with Crippen LogP contribution in [0.2, 0.25) is 0 Å². The summed E-state index contributed by atoms with van der Waals surface area (Å²) in [5, 5.41) is 8.59. The van der Waals surface area contributed by atoms with Crippen LogP contribution in [0.5, 0.6) is 11.5 Å². The second-order valence-corrected chi connectivity index (χ2v) is 8.61. The first-order valence-corrected chi connectivity index (χ1v) is 12.1. The Morgan fingerprint density at radius 1 is 0.703 bits per heavy atom. The van der Waals surface area contributed by atoms with Gasteiger partial charge in [0.05, 0.1) is 0 Å². The van der Waals surface area contributed by atoms with E-state index in [2.05, 4.69) is 16.0 Å². The molecule has 3 N–H and O–H groups in total. The molecule has 37 heavy (non-hydrogen) atoms. The molecule has 0 aliphatic carbocycles. The number of benzene rings is 4. The molecular formula is C30H30N4O3. The quantitative estimate of drug-likeness (QED) is 0.248. The van der Waals surface area contributed by atoms with Gasteiger partial charge in [-0.2, -0.15) is 0 Å². The lowest BCUT2D eigenvalue weighted by Gasteiger charge is -2.24.